The summed E-state index contributed by atoms with van der Waals surface area (Å²) in [4.78, 5) is 2.78. The van der Waals surface area contributed by atoms with Crippen LogP contribution in [0.4, 0.5) is 0 Å². The quantitative estimate of drug-likeness (QED) is 0.706. The van der Waals surface area contributed by atoms with E-state index in [9.17, 15) is 5.11 Å². The summed E-state index contributed by atoms with van der Waals surface area (Å²) in [6.07, 6.45) is 1.68. The Balaban J connectivity index is 2.70. The Morgan fingerprint density at radius 1 is 1.39 bits per heavy atom. The molecule has 0 heterocycles. The zero-order valence-corrected chi connectivity index (χ0v) is 11.7. The summed E-state index contributed by atoms with van der Waals surface area (Å²) in [7, 11) is 0. The maximum absolute atomic E-state index is 9.19. The first-order valence-electron chi connectivity index (χ1n) is 6.34. The van der Waals surface area contributed by atoms with Crippen molar-refractivity contribution in [2.45, 2.75) is 32.4 Å². The highest BCUT2D eigenvalue weighted by Gasteiger charge is 2.17. The van der Waals surface area contributed by atoms with Gasteiger partial charge in [0.1, 0.15) is 0 Å². The van der Waals surface area contributed by atoms with Gasteiger partial charge in [0.15, 0.2) is 0 Å². The molecule has 0 aromatic heterocycles. The summed E-state index contributed by atoms with van der Waals surface area (Å²) in [6, 6.07) is 10.6. The lowest BCUT2D eigenvalue weighted by atomic mass is 10.1. The molecule has 0 aliphatic heterocycles. The Morgan fingerprint density at radius 2 is 2.06 bits per heavy atom. The van der Waals surface area contributed by atoms with E-state index in [-0.39, 0.29) is 6.61 Å². The standard InChI is InChI=1S/C14H22N2OS/c1-2-13(10-14(15)18)16(8-9-17)11-12-6-4-3-5-7-12/h3-7,13,17H,2,8-11H2,1H3,(H2,15,18). The van der Waals surface area contributed by atoms with E-state index < -0.39 is 0 Å². The van der Waals surface area contributed by atoms with Crippen LogP contribution in [0.5, 0.6) is 0 Å². The zero-order chi connectivity index (χ0) is 13.4. The van der Waals surface area contributed by atoms with E-state index in [1.807, 2.05) is 18.2 Å². The van der Waals surface area contributed by atoms with Gasteiger partial charge < -0.3 is 10.8 Å². The van der Waals surface area contributed by atoms with Crippen molar-refractivity contribution in [1.82, 2.24) is 4.90 Å². The maximum Gasteiger partial charge on any atom is 0.0743 e. The normalized spacial score (nSPS) is 12.6. The highest BCUT2D eigenvalue weighted by atomic mass is 32.1. The summed E-state index contributed by atoms with van der Waals surface area (Å²) in [6.45, 7) is 3.75. The first-order chi connectivity index (χ1) is 8.67. The molecule has 100 valence electrons. The van der Waals surface area contributed by atoms with Gasteiger partial charge in [0.2, 0.25) is 0 Å². The third-order valence-electron chi connectivity index (χ3n) is 3.04. The molecule has 1 rings (SSSR count). The molecule has 0 aliphatic carbocycles. The second-order valence-electron chi connectivity index (χ2n) is 4.41. The number of aliphatic hydroxyl groups is 1. The molecule has 4 heteroatoms. The minimum Gasteiger partial charge on any atom is -0.395 e. The van der Waals surface area contributed by atoms with E-state index in [4.69, 9.17) is 18.0 Å². The van der Waals surface area contributed by atoms with Gasteiger partial charge in [-0.05, 0) is 12.0 Å². The molecular weight excluding hydrogens is 244 g/mol. The Hall–Kier alpha value is -0.970. The van der Waals surface area contributed by atoms with Gasteiger partial charge in [-0.1, -0.05) is 49.5 Å². The van der Waals surface area contributed by atoms with E-state index in [0.29, 0.717) is 24.0 Å². The molecule has 1 aromatic rings. The SMILES string of the molecule is CCC(CC(N)=S)N(CCO)Cc1ccccc1. The number of thiocarbonyl (C=S) groups is 1. The number of nitrogens with zero attached hydrogens (tertiary/aromatic N) is 1. The van der Waals surface area contributed by atoms with E-state index in [0.717, 1.165) is 13.0 Å². The number of nitrogens with two attached hydrogens (primary N) is 1. The van der Waals surface area contributed by atoms with Crippen LogP contribution in [0.2, 0.25) is 0 Å². The molecule has 0 saturated heterocycles. The highest BCUT2D eigenvalue weighted by molar-refractivity contribution is 7.80. The largest absolute Gasteiger partial charge is 0.395 e. The van der Waals surface area contributed by atoms with Crippen molar-refractivity contribution in [2.75, 3.05) is 13.2 Å². The third kappa shape index (κ3) is 5.12. The maximum atomic E-state index is 9.19. The fraction of sp³-hybridized carbons (Fsp3) is 0.500. The molecule has 0 aliphatic rings. The molecule has 0 radical (unpaired) electrons. The molecule has 3 N–H and O–H groups in total. The summed E-state index contributed by atoms with van der Waals surface area (Å²) in [5, 5.41) is 9.19. The minimum atomic E-state index is 0.153. The lowest BCUT2D eigenvalue weighted by Gasteiger charge is -2.30. The van der Waals surface area contributed by atoms with Gasteiger partial charge in [-0.2, -0.15) is 0 Å². The van der Waals surface area contributed by atoms with Crippen LogP contribution in [-0.4, -0.2) is 34.2 Å². The Morgan fingerprint density at radius 3 is 2.56 bits per heavy atom. The molecule has 1 atom stereocenters. The average molecular weight is 266 g/mol. The predicted molar refractivity (Wildman–Crippen MR) is 79.4 cm³/mol. The monoisotopic (exact) mass is 266 g/mol. The van der Waals surface area contributed by atoms with Crippen molar-refractivity contribution in [3.63, 3.8) is 0 Å². The molecule has 0 amide bonds. The second kappa shape index (κ2) is 8.19. The average Bonchev–Trinajstić information content (AvgIpc) is 2.36. The van der Waals surface area contributed by atoms with Gasteiger partial charge in [0.05, 0.1) is 11.6 Å². The summed E-state index contributed by atoms with van der Waals surface area (Å²) in [5.41, 5.74) is 6.88. The topological polar surface area (TPSA) is 49.5 Å². The molecule has 0 saturated carbocycles. The Kier molecular flexibility index (Phi) is 6.86. The molecule has 1 aromatic carbocycles. The van der Waals surface area contributed by atoms with Crippen LogP contribution >= 0.6 is 12.2 Å². The lowest BCUT2D eigenvalue weighted by molar-refractivity contribution is 0.142. The number of hydrogen-bond donors (Lipinski definition) is 2. The van der Waals surface area contributed by atoms with Crippen LogP contribution in [0, 0.1) is 0 Å². The summed E-state index contributed by atoms with van der Waals surface area (Å²) in [5.74, 6) is 0. The summed E-state index contributed by atoms with van der Waals surface area (Å²) >= 11 is 4.99. The third-order valence-corrected chi connectivity index (χ3v) is 3.21. The van der Waals surface area contributed by atoms with Gasteiger partial charge >= 0.3 is 0 Å². The summed E-state index contributed by atoms with van der Waals surface area (Å²) < 4.78 is 0. The van der Waals surface area contributed by atoms with Gasteiger partial charge in [0, 0.05) is 25.6 Å². The van der Waals surface area contributed by atoms with Crippen molar-refractivity contribution in [3.05, 3.63) is 35.9 Å². The molecule has 0 fully saturated rings. The van der Waals surface area contributed by atoms with Crippen molar-refractivity contribution in [3.8, 4) is 0 Å². The van der Waals surface area contributed by atoms with Crippen molar-refractivity contribution < 1.29 is 5.11 Å². The van der Waals surface area contributed by atoms with E-state index in [2.05, 4.69) is 24.0 Å². The van der Waals surface area contributed by atoms with Crippen molar-refractivity contribution in [1.29, 1.82) is 0 Å². The van der Waals surface area contributed by atoms with E-state index >= 15 is 0 Å². The number of rotatable bonds is 8. The van der Waals surface area contributed by atoms with Crippen LogP contribution in [0.3, 0.4) is 0 Å². The number of aliphatic hydroxyl groups excluding tert-OH is 1. The van der Waals surface area contributed by atoms with Gasteiger partial charge in [0.25, 0.3) is 0 Å². The first kappa shape index (κ1) is 15.1. The molecule has 0 spiro atoms. The highest BCUT2D eigenvalue weighted by Crippen LogP contribution is 2.13. The van der Waals surface area contributed by atoms with Gasteiger partial charge in [-0.25, -0.2) is 0 Å². The number of hydrogen-bond acceptors (Lipinski definition) is 3. The number of benzene rings is 1. The van der Waals surface area contributed by atoms with E-state index in [1.165, 1.54) is 5.56 Å². The minimum absolute atomic E-state index is 0.153. The van der Waals surface area contributed by atoms with Crippen LogP contribution in [0.15, 0.2) is 30.3 Å². The van der Waals surface area contributed by atoms with Crippen molar-refractivity contribution >= 4 is 17.2 Å². The smallest absolute Gasteiger partial charge is 0.0743 e. The zero-order valence-electron chi connectivity index (χ0n) is 10.9. The molecule has 1 unspecified atom stereocenters. The lowest BCUT2D eigenvalue weighted by Crippen LogP contribution is -2.38. The molecule has 18 heavy (non-hydrogen) atoms. The second-order valence-corrected chi connectivity index (χ2v) is 4.94. The van der Waals surface area contributed by atoms with Crippen LogP contribution in [-0.2, 0) is 6.54 Å². The van der Waals surface area contributed by atoms with Gasteiger partial charge in [-0.3, -0.25) is 4.90 Å². The molecule has 0 bridgehead atoms. The van der Waals surface area contributed by atoms with E-state index in [1.54, 1.807) is 0 Å². The van der Waals surface area contributed by atoms with Crippen LogP contribution < -0.4 is 5.73 Å². The fourth-order valence-electron chi connectivity index (χ4n) is 2.10. The first-order valence-corrected chi connectivity index (χ1v) is 6.75. The fourth-order valence-corrected chi connectivity index (χ4v) is 2.29. The van der Waals surface area contributed by atoms with Gasteiger partial charge in [-0.15, -0.1) is 0 Å². The Labute approximate surface area is 115 Å². The predicted octanol–water partition coefficient (Wildman–Crippen LogP) is 1.94. The Bertz CT molecular complexity index is 356. The molecular formula is C14H22N2OS. The van der Waals surface area contributed by atoms with Crippen LogP contribution in [0.25, 0.3) is 0 Å². The van der Waals surface area contributed by atoms with Crippen LogP contribution in [0.1, 0.15) is 25.3 Å². The molecule has 3 nitrogen and oxygen atoms in total. The van der Waals surface area contributed by atoms with Crippen molar-refractivity contribution in [2.24, 2.45) is 5.73 Å².